The van der Waals surface area contributed by atoms with Crippen LogP contribution in [0.1, 0.15) is 15.9 Å². The second-order valence-corrected chi connectivity index (χ2v) is 5.27. The lowest BCUT2D eigenvalue weighted by molar-refractivity contribution is 0.0472. The molecule has 98 valence electrons. The van der Waals surface area contributed by atoms with E-state index in [1.807, 2.05) is 24.3 Å². The smallest absolute Gasteiger partial charge is 0.338 e. The Morgan fingerprint density at radius 1 is 1.26 bits per heavy atom. The highest BCUT2D eigenvalue weighted by atomic mass is 79.9. The van der Waals surface area contributed by atoms with Gasteiger partial charge in [0.05, 0.1) is 5.56 Å². The van der Waals surface area contributed by atoms with Crippen molar-refractivity contribution < 1.29 is 13.9 Å². The molecule has 0 unspecified atom stereocenters. The molecule has 2 nitrogen and oxygen atoms in total. The molecule has 0 amide bonds. The molecule has 2 aromatic rings. The van der Waals surface area contributed by atoms with E-state index in [2.05, 4.69) is 28.6 Å². The zero-order valence-corrected chi connectivity index (χ0v) is 12.2. The Balaban J connectivity index is 2.03. The Bertz CT molecular complexity index is 616. The summed E-state index contributed by atoms with van der Waals surface area (Å²) in [5.74, 6) is -0.970. The van der Waals surface area contributed by atoms with Crippen LogP contribution in [0.15, 0.2) is 51.8 Å². The summed E-state index contributed by atoms with van der Waals surface area (Å²) in [4.78, 5) is 11.9. The maximum absolute atomic E-state index is 13.0. The van der Waals surface area contributed by atoms with Crippen LogP contribution in [-0.4, -0.2) is 5.97 Å². The van der Waals surface area contributed by atoms with Gasteiger partial charge in [-0.25, -0.2) is 9.18 Å². The van der Waals surface area contributed by atoms with Gasteiger partial charge in [0, 0.05) is 9.37 Å². The zero-order chi connectivity index (χ0) is 13.8. The highest BCUT2D eigenvalue weighted by Gasteiger charge is 2.09. The molecular formula is C14H10BrFO2S. The molecule has 2 rings (SSSR count). The number of benzene rings is 2. The van der Waals surface area contributed by atoms with Crippen molar-refractivity contribution in [2.45, 2.75) is 11.5 Å². The Morgan fingerprint density at radius 2 is 2.05 bits per heavy atom. The zero-order valence-electron chi connectivity index (χ0n) is 9.77. The molecule has 0 aliphatic heterocycles. The molecule has 5 heteroatoms. The van der Waals surface area contributed by atoms with Crippen LogP contribution in [0.2, 0.25) is 0 Å². The molecule has 2 aromatic carbocycles. The largest absolute Gasteiger partial charge is 0.457 e. The van der Waals surface area contributed by atoms with Crippen molar-refractivity contribution >= 4 is 34.5 Å². The molecule has 0 N–H and O–H groups in total. The highest BCUT2D eigenvalue weighted by Crippen LogP contribution is 2.16. The summed E-state index contributed by atoms with van der Waals surface area (Å²) in [7, 11) is 0. The van der Waals surface area contributed by atoms with Gasteiger partial charge >= 0.3 is 5.97 Å². The van der Waals surface area contributed by atoms with Crippen LogP contribution in [0.25, 0.3) is 0 Å². The van der Waals surface area contributed by atoms with Crippen molar-refractivity contribution in [3.8, 4) is 0 Å². The average Bonchev–Trinajstić information content (AvgIpc) is 2.39. The van der Waals surface area contributed by atoms with E-state index in [4.69, 9.17) is 4.74 Å². The van der Waals surface area contributed by atoms with Gasteiger partial charge in [0.1, 0.15) is 12.4 Å². The molecule has 0 fully saturated rings. The molecule has 0 aromatic heterocycles. The maximum atomic E-state index is 13.0. The fourth-order valence-corrected chi connectivity index (χ4v) is 2.16. The molecule has 19 heavy (non-hydrogen) atoms. The second kappa shape index (κ2) is 6.21. The van der Waals surface area contributed by atoms with Gasteiger partial charge in [0.25, 0.3) is 0 Å². The average molecular weight is 341 g/mol. The number of esters is 1. The summed E-state index contributed by atoms with van der Waals surface area (Å²) in [6.45, 7) is 0.164. The van der Waals surface area contributed by atoms with Crippen LogP contribution in [0.3, 0.4) is 0 Å². The van der Waals surface area contributed by atoms with E-state index in [0.29, 0.717) is 0 Å². The van der Waals surface area contributed by atoms with Gasteiger partial charge in [-0.2, -0.15) is 0 Å². The van der Waals surface area contributed by atoms with Gasteiger partial charge < -0.3 is 4.74 Å². The normalized spacial score (nSPS) is 10.3. The van der Waals surface area contributed by atoms with E-state index in [9.17, 15) is 9.18 Å². The topological polar surface area (TPSA) is 26.3 Å². The predicted molar refractivity (Wildman–Crippen MR) is 76.9 cm³/mol. The van der Waals surface area contributed by atoms with Crippen molar-refractivity contribution in [3.05, 3.63) is 63.9 Å². The molecule has 0 aliphatic rings. The first-order valence-corrected chi connectivity index (χ1v) is 6.70. The molecule has 0 bridgehead atoms. The summed E-state index contributed by atoms with van der Waals surface area (Å²) in [6, 6.07) is 11.4. The maximum Gasteiger partial charge on any atom is 0.338 e. The van der Waals surface area contributed by atoms with Crippen molar-refractivity contribution in [3.63, 3.8) is 0 Å². The summed E-state index contributed by atoms with van der Waals surface area (Å²) >= 11 is 7.26. The van der Waals surface area contributed by atoms with Crippen molar-refractivity contribution in [2.24, 2.45) is 0 Å². The predicted octanol–water partition coefficient (Wildman–Crippen LogP) is 4.23. The third kappa shape index (κ3) is 3.81. The number of thiol groups is 1. The quantitative estimate of drug-likeness (QED) is 0.668. The summed E-state index contributed by atoms with van der Waals surface area (Å²) < 4.78 is 19.1. The van der Waals surface area contributed by atoms with Crippen LogP contribution in [0.4, 0.5) is 4.39 Å². The van der Waals surface area contributed by atoms with E-state index >= 15 is 0 Å². The van der Waals surface area contributed by atoms with Gasteiger partial charge in [0.2, 0.25) is 0 Å². The van der Waals surface area contributed by atoms with Crippen molar-refractivity contribution in [1.29, 1.82) is 0 Å². The van der Waals surface area contributed by atoms with E-state index in [0.717, 1.165) is 10.0 Å². The van der Waals surface area contributed by atoms with E-state index in [-0.39, 0.29) is 17.1 Å². The van der Waals surface area contributed by atoms with Gasteiger partial charge in [-0.15, -0.1) is 12.6 Å². The van der Waals surface area contributed by atoms with E-state index in [1.165, 1.54) is 18.2 Å². The first kappa shape index (κ1) is 14.1. The fraction of sp³-hybridized carbons (Fsp3) is 0.0714. The number of halogens is 2. The molecule has 0 spiro atoms. The number of rotatable bonds is 3. The summed E-state index contributed by atoms with van der Waals surface area (Å²) in [5.41, 5.74) is 1.15. The third-order valence-electron chi connectivity index (χ3n) is 2.44. The first-order valence-electron chi connectivity index (χ1n) is 5.46. The lowest BCUT2D eigenvalue weighted by atomic mass is 10.2. The minimum Gasteiger partial charge on any atom is -0.457 e. The molecular weight excluding hydrogens is 331 g/mol. The lowest BCUT2D eigenvalue weighted by Gasteiger charge is -2.06. The van der Waals surface area contributed by atoms with Crippen LogP contribution < -0.4 is 0 Å². The molecule has 0 saturated carbocycles. The van der Waals surface area contributed by atoms with Crippen LogP contribution in [-0.2, 0) is 11.3 Å². The highest BCUT2D eigenvalue weighted by molar-refractivity contribution is 9.10. The van der Waals surface area contributed by atoms with Crippen LogP contribution in [0, 0.1) is 5.82 Å². The summed E-state index contributed by atoms with van der Waals surface area (Å²) in [6.07, 6.45) is 0. The Hall–Kier alpha value is -1.33. The summed E-state index contributed by atoms with van der Waals surface area (Å²) in [5, 5.41) is 0. The monoisotopic (exact) mass is 340 g/mol. The number of hydrogen-bond donors (Lipinski definition) is 1. The Labute approximate surface area is 124 Å². The minimum atomic E-state index is -0.504. The lowest BCUT2D eigenvalue weighted by Crippen LogP contribution is -2.05. The van der Waals surface area contributed by atoms with E-state index < -0.39 is 11.8 Å². The molecule has 0 radical (unpaired) electrons. The molecule has 0 saturated heterocycles. The first-order chi connectivity index (χ1) is 9.06. The standard InChI is InChI=1S/C14H10BrFO2S/c15-11-3-1-2-9(6-11)8-18-14(17)10-4-5-12(16)13(19)7-10/h1-7,19H,8H2. The minimum absolute atomic E-state index is 0.122. The third-order valence-corrected chi connectivity index (χ3v) is 3.28. The van der Waals surface area contributed by atoms with Gasteiger partial charge in [-0.1, -0.05) is 28.1 Å². The van der Waals surface area contributed by atoms with Crippen LogP contribution >= 0.6 is 28.6 Å². The van der Waals surface area contributed by atoms with Gasteiger partial charge in [-0.05, 0) is 35.9 Å². The molecule has 0 atom stereocenters. The van der Waals surface area contributed by atoms with Gasteiger partial charge in [0.15, 0.2) is 0 Å². The SMILES string of the molecule is O=C(OCc1cccc(Br)c1)c1ccc(F)c(S)c1. The molecule has 0 aliphatic carbocycles. The second-order valence-electron chi connectivity index (χ2n) is 3.87. The Kier molecular flexibility index (Phi) is 4.61. The van der Waals surface area contributed by atoms with E-state index in [1.54, 1.807) is 0 Å². The number of hydrogen-bond acceptors (Lipinski definition) is 3. The van der Waals surface area contributed by atoms with Crippen molar-refractivity contribution in [2.75, 3.05) is 0 Å². The van der Waals surface area contributed by atoms with Gasteiger partial charge in [-0.3, -0.25) is 0 Å². The number of carbonyl (C=O) groups is 1. The number of carbonyl (C=O) groups excluding carboxylic acids is 1. The number of ether oxygens (including phenoxy) is 1. The van der Waals surface area contributed by atoms with Crippen molar-refractivity contribution in [1.82, 2.24) is 0 Å². The fourth-order valence-electron chi connectivity index (χ4n) is 1.50. The molecule has 0 heterocycles. The Morgan fingerprint density at radius 3 is 2.74 bits per heavy atom. The van der Waals surface area contributed by atoms with Crippen LogP contribution in [0.5, 0.6) is 0 Å².